The molecule has 0 unspecified atom stereocenters. The van der Waals surface area contributed by atoms with Crippen molar-refractivity contribution in [1.29, 1.82) is 0 Å². The lowest BCUT2D eigenvalue weighted by Crippen LogP contribution is -2.31. The predicted octanol–water partition coefficient (Wildman–Crippen LogP) is 4.79. The standard InChI is InChI=1S/C30H37N3O5S.2ClH/c1-39(36,37)33-30(35)19-25-14-13-24(18-29(25)38-27-7-3-2-4-8-27)23-11-9-22(10-12-23)15-17-32-21-28(34)26-6-5-16-31-20-26;;/h5-6,9-14,16,18,20,27-28,32,34H,2-4,7-8,15,17,19,21H2,1H3,(H,33,35);2*1H/t28-;;/m0../s1. The fraction of sp³-hybridized carbons (Fsp3) is 0.400. The van der Waals surface area contributed by atoms with E-state index in [-0.39, 0.29) is 37.3 Å². The monoisotopic (exact) mass is 623 g/mol. The van der Waals surface area contributed by atoms with Gasteiger partial charge >= 0.3 is 0 Å². The summed E-state index contributed by atoms with van der Waals surface area (Å²) in [6.07, 6.45) is 9.98. The number of pyridine rings is 1. The first-order chi connectivity index (χ1) is 18.8. The Morgan fingerprint density at radius 3 is 2.41 bits per heavy atom. The molecule has 8 nitrogen and oxygen atoms in total. The van der Waals surface area contributed by atoms with Crippen molar-refractivity contribution in [3.8, 4) is 16.9 Å². The van der Waals surface area contributed by atoms with Crippen molar-refractivity contribution < 1.29 is 23.1 Å². The number of benzene rings is 2. The highest BCUT2D eigenvalue weighted by molar-refractivity contribution is 7.89. The Balaban J connectivity index is 0.00000294. The van der Waals surface area contributed by atoms with E-state index < -0.39 is 22.0 Å². The Labute approximate surface area is 255 Å². The molecule has 1 fully saturated rings. The van der Waals surface area contributed by atoms with Crippen molar-refractivity contribution in [2.75, 3.05) is 19.3 Å². The molecule has 0 spiro atoms. The zero-order valence-corrected chi connectivity index (χ0v) is 25.6. The molecular weight excluding hydrogens is 585 g/mol. The largest absolute Gasteiger partial charge is 0.490 e. The lowest BCUT2D eigenvalue weighted by Gasteiger charge is -2.24. The number of ether oxygens (including phenoxy) is 1. The molecule has 0 saturated heterocycles. The van der Waals surface area contributed by atoms with Crippen LogP contribution in [0.4, 0.5) is 0 Å². The number of carbonyl (C=O) groups is 1. The number of aliphatic hydroxyl groups excluding tert-OH is 1. The van der Waals surface area contributed by atoms with Gasteiger partial charge < -0.3 is 15.2 Å². The predicted molar refractivity (Wildman–Crippen MR) is 166 cm³/mol. The topological polar surface area (TPSA) is 118 Å². The molecule has 0 aliphatic heterocycles. The van der Waals surface area contributed by atoms with Crippen LogP contribution in [0, 0.1) is 0 Å². The Hall–Kier alpha value is -2.69. The van der Waals surface area contributed by atoms with Crippen molar-refractivity contribution >= 4 is 40.7 Å². The number of amides is 1. The van der Waals surface area contributed by atoms with Crippen LogP contribution in [0.5, 0.6) is 5.75 Å². The smallest absolute Gasteiger partial charge is 0.237 e. The molecule has 4 rings (SSSR count). The van der Waals surface area contributed by atoms with Crippen LogP contribution in [0.2, 0.25) is 0 Å². The van der Waals surface area contributed by atoms with E-state index in [9.17, 15) is 18.3 Å². The Kier molecular flexibility index (Phi) is 14.0. The normalized spacial score (nSPS) is 14.3. The first-order valence-corrected chi connectivity index (χ1v) is 15.3. The minimum Gasteiger partial charge on any atom is -0.490 e. The summed E-state index contributed by atoms with van der Waals surface area (Å²) in [6.45, 7) is 1.20. The van der Waals surface area contributed by atoms with Gasteiger partial charge in [0, 0.05) is 30.1 Å². The molecule has 2 aromatic carbocycles. The van der Waals surface area contributed by atoms with Crippen LogP contribution >= 0.6 is 24.8 Å². The molecule has 0 radical (unpaired) electrons. The van der Waals surface area contributed by atoms with Gasteiger partial charge in [0.05, 0.1) is 24.9 Å². The van der Waals surface area contributed by atoms with Crippen molar-refractivity contribution in [1.82, 2.24) is 15.0 Å². The molecule has 0 bridgehead atoms. The molecule has 1 aliphatic rings. The average Bonchev–Trinajstić information content (AvgIpc) is 2.92. The van der Waals surface area contributed by atoms with Gasteiger partial charge in [-0.15, -0.1) is 24.8 Å². The number of hydrogen-bond donors (Lipinski definition) is 3. The fourth-order valence-electron chi connectivity index (χ4n) is 4.79. The second-order valence-electron chi connectivity index (χ2n) is 10.1. The lowest BCUT2D eigenvalue weighted by atomic mass is 9.97. The first kappa shape index (κ1) is 34.5. The van der Waals surface area contributed by atoms with Gasteiger partial charge in [-0.3, -0.25) is 14.5 Å². The molecule has 1 aliphatic carbocycles. The van der Waals surface area contributed by atoms with Crippen LogP contribution in [0.1, 0.15) is 54.9 Å². The summed E-state index contributed by atoms with van der Waals surface area (Å²) >= 11 is 0. The zero-order valence-electron chi connectivity index (χ0n) is 23.1. The van der Waals surface area contributed by atoms with Crippen LogP contribution in [0.25, 0.3) is 11.1 Å². The average molecular weight is 625 g/mol. The Morgan fingerprint density at radius 1 is 1.05 bits per heavy atom. The number of nitrogens with zero attached hydrogens (tertiary/aromatic N) is 1. The van der Waals surface area contributed by atoms with Crippen molar-refractivity contribution in [3.63, 3.8) is 0 Å². The Morgan fingerprint density at radius 2 is 1.76 bits per heavy atom. The maximum atomic E-state index is 12.3. The van der Waals surface area contributed by atoms with E-state index in [0.717, 1.165) is 61.6 Å². The van der Waals surface area contributed by atoms with Gasteiger partial charge in [0.2, 0.25) is 15.9 Å². The lowest BCUT2D eigenvalue weighted by molar-refractivity contribution is -0.118. The van der Waals surface area contributed by atoms with E-state index in [1.165, 1.54) is 12.0 Å². The fourth-order valence-corrected chi connectivity index (χ4v) is 5.28. The molecule has 224 valence electrons. The zero-order chi connectivity index (χ0) is 27.7. The highest BCUT2D eigenvalue weighted by Gasteiger charge is 2.19. The van der Waals surface area contributed by atoms with Gasteiger partial charge in [-0.1, -0.05) is 48.9 Å². The number of halogens is 2. The summed E-state index contributed by atoms with van der Waals surface area (Å²) in [7, 11) is -3.62. The molecule has 3 aromatic rings. The third kappa shape index (κ3) is 11.2. The van der Waals surface area contributed by atoms with E-state index in [0.29, 0.717) is 17.9 Å². The SMILES string of the molecule is CS(=O)(=O)NC(=O)Cc1ccc(-c2ccc(CCNC[C@H](O)c3cccnc3)cc2)cc1OC1CCCCC1.Cl.Cl. The molecule has 1 saturated carbocycles. The minimum absolute atomic E-state index is 0. The summed E-state index contributed by atoms with van der Waals surface area (Å²) in [6, 6.07) is 17.7. The van der Waals surface area contributed by atoms with Crippen LogP contribution in [0.3, 0.4) is 0 Å². The van der Waals surface area contributed by atoms with Gasteiger partial charge in [-0.2, -0.15) is 0 Å². The van der Waals surface area contributed by atoms with Crippen LogP contribution < -0.4 is 14.8 Å². The first-order valence-electron chi connectivity index (χ1n) is 13.4. The maximum absolute atomic E-state index is 12.3. The van der Waals surface area contributed by atoms with Crippen molar-refractivity contribution in [3.05, 3.63) is 83.7 Å². The summed E-state index contributed by atoms with van der Waals surface area (Å²) in [5, 5.41) is 13.6. The summed E-state index contributed by atoms with van der Waals surface area (Å²) < 4.78 is 31.4. The number of carbonyl (C=O) groups excluding carboxylic acids is 1. The minimum atomic E-state index is -3.62. The number of nitrogens with one attached hydrogen (secondary N) is 2. The molecule has 1 aromatic heterocycles. The number of rotatable bonds is 12. The molecule has 1 atom stereocenters. The second-order valence-corrected chi connectivity index (χ2v) is 11.9. The van der Waals surface area contributed by atoms with Crippen LogP contribution in [-0.4, -0.2) is 49.9 Å². The maximum Gasteiger partial charge on any atom is 0.237 e. The van der Waals surface area contributed by atoms with Gasteiger partial charge in [0.25, 0.3) is 0 Å². The molecule has 1 heterocycles. The van der Waals surface area contributed by atoms with Crippen LogP contribution in [0.15, 0.2) is 67.0 Å². The molecule has 3 N–H and O–H groups in total. The van der Waals surface area contributed by atoms with Crippen LogP contribution in [-0.2, 0) is 27.7 Å². The third-order valence-electron chi connectivity index (χ3n) is 6.85. The van der Waals surface area contributed by atoms with Gasteiger partial charge in [-0.05, 0) is 67.5 Å². The van der Waals surface area contributed by atoms with E-state index in [1.807, 2.05) is 35.1 Å². The number of hydrogen-bond acceptors (Lipinski definition) is 7. The van der Waals surface area contributed by atoms with E-state index in [1.54, 1.807) is 12.4 Å². The molecule has 41 heavy (non-hydrogen) atoms. The molecular formula is C30H39Cl2N3O5S. The van der Waals surface area contributed by atoms with Crippen molar-refractivity contribution in [2.24, 2.45) is 0 Å². The number of aliphatic hydroxyl groups is 1. The summed E-state index contributed by atoms with van der Waals surface area (Å²) in [5.74, 6) is 0.0492. The van der Waals surface area contributed by atoms with Gasteiger partial charge in [0.1, 0.15) is 5.75 Å². The highest BCUT2D eigenvalue weighted by atomic mass is 35.5. The molecule has 1 amide bonds. The van der Waals surface area contributed by atoms with E-state index >= 15 is 0 Å². The summed E-state index contributed by atoms with van der Waals surface area (Å²) in [5.41, 5.74) is 4.64. The highest BCUT2D eigenvalue weighted by Crippen LogP contribution is 2.31. The van der Waals surface area contributed by atoms with Crippen molar-refractivity contribution in [2.45, 2.75) is 57.2 Å². The molecule has 11 heteroatoms. The van der Waals surface area contributed by atoms with E-state index in [4.69, 9.17) is 4.74 Å². The quantitative estimate of drug-likeness (QED) is 0.248. The number of aromatic nitrogens is 1. The van der Waals surface area contributed by atoms with E-state index in [2.05, 4.69) is 34.6 Å². The Bertz CT molecular complexity index is 1340. The number of sulfonamides is 1. The van der Waals surface area contributed by atoms with Gasteiger partial charge in [0.15, 0.2) is 0 Å². The van der Waals surface area contributed by atoms with Gasteiger partial charge in [-0.25, -0.2) is 8.42 Å². The third-order valence-corrected chi connectivity index (χ3v) is 7.45. The second kappa shape index (κ2) is 16.7. The summed E-state index contributed by atoms with van der Waals surface area (Å²) in [4.78, 5) is 16.4.